The maximum atomic E-state index is 5.23. The van der Waals surface area contributed by atoms with E-state index in [1.165, 1.54) is 5.56 Å². The minimum atomic E-state index is 0.311. The lowest BCUT2D eigenvalue weighted by Gasteiger charge is -1.98. The fourth-order valence-electron chi connectivity index (χ4n) is 1.41. The van der Waals surface area contributed by atoms with E-state index < -0.39 is 0 Å². The highest BCUT2D eigenvalue weighted by molar-refractivity contribution is 5.45. The molecule has 0 aromatic carbocycles. The molecule has 1 saturated heterocycles. The van der Waals surface area contributed by atoms with Crippen molar-refractivity contribution in [1.82, 2.24) is 0 Å². The lowest BCUT2D eigenvalue weighted by molar-refractivity contribution is -0.673. The van der Waals surface area contributed by atoms with Crippen LogP contribution in [-0.2, 0) is 11.8 Å². The summed E-state index contributed by atoms with van der Waals surface area (Å²) in [6.45, 7) is 4.64. The van der Waals surface area contributed by atoms with Gasteiger partial charge in [0, 0.05) is 12.1 Å². The standard InChI is InChI=1S/C10H12NO/c1-3-9-8(10-7-12-10)5-4-6-11(9)2/h3-6,10H,1,7H2,2H3/q+1. The van der Waals surface area contributed by atoms with E-state index in [2.05, 4.69) is 17.2 Å². The molecular weight excluding hydrogens is 150 g/mol. The van der Waals surface area contributed by atoms with Crippen LogP contribution in [0.2, 0.25) is 0 Å². The Morgan fingerprint density at radius 2 is 2.50 bits per heavy atom. The molecule has 0 bridgehead atoms. The molecule has 2 heterocycles. The Hall–Kier alpha value is -1.15. The van der Waals surface area contributed by atoms with Crippen LogP contribution in [0.15, 0.2) is 24.9 Å². The summed E-state index contributed by atoms with van der Waals surface area (Å²) in [4.78, 5) is 0. The van der Waals surface area contributed by atoms with Gasteiger partial charge in [0.15, 0.2) is 6.20 Å². The van der Waals surface area contributed by atoms with Crippen molar-refractivity contribution in [3.8, 4) is 0 Å². The molecule has 1 aromatic heterocycles. The number of aromatic nitrogens is 1. The Morgan fingerprint density at radius 1 is 1.75 bits per heavy atom. The molecule has 0 N–H and O–H groups in total. The molecule has 1 fully saturated rings. The van der Waals surface area contributed by atoms with E-state index in [4.69, 9.17) is 4.74 Å². The molecule has 1 aromatic rings. The monoisotopic (exact) mass is 162 g/mol. The van der Waals surface area contributed by atoms with Gasteiger partial charge < -0.3 is 4.74 Å². The fraction of sp³-hybridized carbons (Fsp3) is 0.300. The quantitative estimate of drug-likeness (QED) is 0.472. The molecule has 1 unspecified atom stereocenters. The molecule has 1 aliphatic rings. The molecule has 0 radical (unpaired) electrons. The number of hydrogen-bond donors (Lipinski definition) is 0. The highest BCUT2D eigenvalue weighted by Crippen LogP contribution is 2.30. The van der Waals surface area contributed by atoms with Crippen molar-refractivity contribution in [2.24, 2.45) is 7.05 Å². The fourth-order valence-corrected chi connectivity index (χ4v) is 1.41. The van der Waals surface area contributed by atoms with E-state index in [0.717, 1.165) is 12.3 Å². The van der Waals surface area contributed by atoms with Crippen molar-refractivity contribution in [3.05, 3.63) is 36.2 Å². The maximum Gasteiger partial charge on any atom is 0.210 e. The van der Waals surface area contributed by atoms with Gasteiger partial charge in [-0.1, -0.05) is 6.58 Å². The van der Waals surface area contributed by atoms with Crippen LogP contribution in [0, 0.1) is 0 Å². The predicted octanol–water partition coefficient (Wildman–Crippen LogP) is 1.23. The minimum absolute atomic E-state index is 0.311. The van der Waals surface area contributed by atoms with Gasteiger partial charge in [0.1, 0.15) is 13.2 Å². The van der Waals surface area contributed by atoms with Crippen molar-refractivity contribution >= 4 is 6.08 Å². The van der Waals surface area contributed by atoms with Gasteiger partial charge in [-0.2, -0.15) is 0 Å². The predicted molar refractivity (Wildman–Crippen MR) is 46.4 cm³/mol. The lowest BCUT2D eigenvalue weighted by Crippen LogP contribution is -2.32. The second-order valence-corrected chi connectivity index (χ2v) is 2.99. The van der Waals surface area contributed by atoms with Gasteiger partial charge in [-0.15, -0.1) is 0 Å². The van der Waals surface area contributed by atoms with Crippen molar-refractivity contribution in [2.45, 2.75) is 6.10 Å². The summed E-state index contributed by atoms with van der Waals surface area (Å²) < 4.78 is 7.29. The van der Waals surface area contributed by atoms with Crippen molar-refractivity contribution in [1.29, 1.82) is 0 Å². The van der Waals surface area contributed by atoms with Gasteiger partial charge in [-0.25, -0.2) is 4.57 Å². The Balaban J connectivity index is 2.50. The molecule has 62 valence electrons. The number of aryl methyl sites for hydroxylation is 1. The van der Waals surface area contributed by atoms with E-state index in [9.17, 15) is 0 Å². The van der Waals surface area contributed by atoms with Crippen molar-refractivity contribution < 1.29 is 9.30 Å². The number of nitrogens with zero attached hydrogens (tertiary/aromatic N) is 1. The zero-order chi connectivity index (χ0) is 8.55. The molecule has 2 heteroatoms. The largest absolute Gasteiger partial charge is 0.368 e. The van der Waals surface area contributed by atoms with Gasteiger partial charge in [0.25, 0.3) is 0 Å². The summed E-state index contributed by atoms with van der Waals surface area (Å²) in [6.07, 6.45) is 4.20. The lowest BCUT2D eigenvalue weighted by atomic mass is 10.1. The van der Waals surface area contributed by atoms with Crippen LogP contribution < -0.4 is 4.57 Å². The van der Waals surface area contributed by atoms with Crippen LogP contribution in [0.4, 0.5) is 0 Å². The average molecular weight is 162 g/mol. The smallest absolute Gasteiger partial charge is 0.210 e. The van der Waals surface area contributed by atoms with Crippen LogP contribution in [-0.4, -0.2) is 6.61 Å². The van der Waals surface area contributed by atoms with Crippen molar-refractivity contribution in [3.63, 3.8) is 0 Å². The summed E-state index contributed by atoms with van der Waals surface area (Å²) in [7, 11) is 2.02. The molecule has 0 aliphatic carbocycles. The number of hydrogen-bond acceptors (Lipinski definition) is 1. The van der Waals surface area contributed by atoms with Crippen LogP contribution in [0.25, 0.3) is 6.08 Å². The molecule has 1 aliphatic heterocycles. The Bertz CT molecular complexity index is 316. The first-order valence-electron chi connectivity index (χ1n) is 4.05. The summed E-state index contributed by atoms with van der Waals surface area (Å²) in [5, 5.41) is 0. The number of rotatable bonds is 2. The van der Waals surface area contributed by atoms with Crippen LogP contribution in [0.3, 0.4) is 0 Å². The molecule has 2 rings (SSSR count). The van der Waals surface area contributed by atoms with Gasteiger partial charge in [0.2, 0.25) is 5.69 Å². The van der Waals surface area contributed by atoms with E-state index in [0.29, 0.717) is 6.10 Å². The summed E-state index contributed by atoms with van der Waals surface area (Å²) in [5.41, 5.74) is 2.40. The second-order valence-electron chi connectivity index (χ2n) is 2.99. The highest BCUT2D eigenvalue weighted by Gasteiger charge is 2.29. The molecule has 2 nitrogen and oxygen atoms in total. The normalized spacial score (nSPS) is 20.6. The van der Waals surface area contributed by atoms with Crippen LogP contribution in [0.1, 0.15) is 17.4 Å². The Kier molecular flexibility index (Phi) is 1.70. The Labute approximate surface area is 72.1 Å². The first-order chi connectivity index (χ1) is 5.83. The number of ether oxygens (including phenoxy) is 1. The van der Waals surface area contributed by atoms with Crippen LogP contribution in [0.5, 0.6) is 0 Å². The number of epoxide rings is 1. The molecular formula is C10H12NO+. The van der Waals surface area contributed by atoms with Gasteiger partial charge in [-0.05, 0) is 6.07 Å². The van der Waals surface area contributed by atoms with Crippen LogP contribution >= 0.6 is 0 Å². The van der Waals surface area contributed by atoms with E-state index in [1.807, 2.05) is 25.4 Å². The van der Waals surface area contributed by atoms with Gasteiger partial charge >= 0.3 is 0 Å². The molecule has 0 spiro atoms. The molecule has 0 saturated carbocycles. The summed E-state index contributed by atoms with van der Waals surface area (Å²) >= 11 is 0. The van der Waals surface area contributed by atoms with Crippen molar-refractivity contribution in [2.75, 3.05) is 6.61 Å². The van der Waals surface area contributed by atoms with Gasteiger partial charge in [0.05, 0.1) is 12.2 Å². The van der Waals surface area contributed by atoms with E-state index in [1.54, 1.807) is 0 Å². The summed E-state index contributed by atoms with van der Waals surface area (Å²) in [5.74, 6) is 0. The zero-order valence-electron chi connectivity index (χ0n) is 7.16. The first-order valence-corrected chi connectivity index (χ1v) is 4.05. The molecule has 0 amide bonds. The third-order valence-corrected chi connectivity index (χ3v) is 2.13. The molecule has 1 atom stereocenters. The third kappa shape index (κ3) is 1.14. The second kappa shape index (κ2) is 2.72. The maximum absolute atomic E-state index is 5.23. The van der Waals surface area contributed by atoms with Gasteiger partial charge in [-0.3, -0.25) is 0 Å². The zero-order valence-corrected chi connectivity index (χ0v) is 7.16. The molecule has 12 heavy (non-hydrogen) atoms. The van der Waals surface area contributed by atoms with E-state index in [-0.39, 0.29) is 0 Å². The highest BCUT2D eigenvalue weighted by atomic mass is 16.6. The first kappa shape index (κ1) is 7.50. The SMILES string of the molecule is C=Cc1c(C2CO2)ccc[n+]1C. The average Bonchev–Trinajstić information content (AvgIpc) is 2.86. The number of pyridine rings is 1. The third-order valence-electron chi connectivity index (χ3n) is 2.13. The topological polar surface area (TPSA) is 16.4 Å². The Morgan fingerprint density at radius 3 is 3.08 bits per heavy atom. The minimum Gasteiger partial charge on any atom is -0.368 e. The van der Waals surface area contributed by atoms with E-state index >= 15 is 0 Å². The summed E-state index contributed by atoms with van der Waals surface area (Å²) in [6, 6.07) is 4.12.